The zero-order valence-corrected chi connectivity index (χ0v) is 16.0. The van der Waals surface area contributed by atoms with E-state index < -0.39 is 0 Å². The monoisotopic (exact) mass is 372 g/mol. The highest BCUT2D eigenvalue weighted by Gasteiger charge is 2.16. The highest BCUT2D eigenvalue weighted by Crippen LogP contribution is 2.28. The van der Waals surface area contributed by atoms with Gasteiger partial charge in [-0.2, -0.15) is 0 Å². The topological polar surface area (TPSA) is 68.1 Å². The van der Waals surface area contributed by atoms with Crippen LogP contribution in [0, 0.1) is 0 Å². The summed E-state index contributed by atoms with van der Waals surface area (Å²) in [6, 6.07) is 4.38. The molecule has 1 saturated heterocycles. The Hall–Kier alpha value is -2.03. The zero-order chi connectivity index (χ0) is 17.9. The lowest BCUT2D eigenvalue weighted by Gasteiger charge is -2.26. The van der Waals surface area contributed by atoms with E-state index in [-0.39, 0.29) is 0 Å². The SMILES string of the molecule is CC(C)n1cnc2c(NCCN3CCOCC3)nc(-c3cccs3)nc21. The highest BCUT2D eigenvalue weighted by atomic mass is 32.1. The van der Waals surface area contributed by atoms with Crippen molar-refractivity contribution in [1.29, 1.82) is 0 Å². The number of nitrogens with one attached hydrogen (secondary N) is 1. The number of hydrogen-bond acceptors (Lipinski definition) is 7. The van der Waals surface area contributed by atoms with E-state index in [0.717, 1.165) is 67.1 Å². The Morgan fingerprint density at radius 3 is 2.85 bits per heavy atom. The van der Waals surface area contributed by atoms with E-state index in [1.807, 2.05) is 17.8 Å². The van der Waals surface area contributed by atoms with Gasteiger partial charge in [0.2, 0.25) is 0 Å². The first-order valence-electron chi connectivity index (χ1n) is 9.05. The molecule has 0 radical (unpaired) electrons. The number of morpholine rings is 1. The molecule has 1 aliphatic heterocycles. The first kappa shape index (κ1) is 17.4. The van der Waals surface area contributed by atoms with Gasteiger partial charge >= 0.3 is 0 Å². The average Bonchev–Trinajstić information content (AvgIpc) is 3.32. The van der Waals surface area contributed by atoms with Crippen LogP contribution in [0.15, 0.2) is 23.8 Å². The van der Waals surface area contributed by atoms with Gasteiger partial charge in [-0.05, 0) is 25.3 Å². The Bertz CT molecular complexity index is 854. The summed E-state index contributed by atoms with van der Waals surface area (Å²) in [5.41, 5.74) is 1.72. The van der Waals surface area contributed by atoms with Crippen LogP contribution >= 0.6 is 11.3 Å². The van der Waals surface area contributed by atoms with Crippen molar-refractivity contribution in [2.75, 3.05) is 44.7 Å². The third kappa shape index (κ3) is 3.58. The molecule has 0 aromatic carbocycles. The lowest BCUT2D eigenvalue weighted by molar-refractivity contribution is 0.0398. The predicted octanol–water partition coefficient (Wildman–Crippen LogP) is 2.88. The molecule has 0 spiro atoms. The summed E-state index contributed by atoms with van der Waals surface area (Å²) < 4.78 is 7.51. The standard InChI is InChI=1S/C18H24N6OS/c1-13(2)24-12-20-15-17(19-5-6-23-7-9-25-10-8-23)21-16(22-18(15)24)14-4-3-11-26-14/h3-4,11-13H,5-10H2,1-2H3,(H,19,21,22). The molecule has 0 atom stereocenters. The number of aromatic nitrogens is 4. The van der Waals surface area contributed by atoms with Gasteiger partial charge in [0.25, 0.3) is 0 Å². The van der Waals surface area contributed by atoms with Gasteiger partial charge in [-0.25, -0.2) is 15.0 Å². The summed E-state index contributed by atoms with van der Waals surface area (Å²) in [5, 5.41) is 5.53. The lowest BCUT2D eigenvalue weighted by atomic mass is 10.3. The number of hydrogen-bond donors (Lipinski definition) is 1. The number of imidazole rings is 1. The zero-order valence-electron chi connectivity index (χ0n) is 15.2. The molecule has 1 N–H and O–H groups in total. The van der Waals surface area contributed by atoms with Crippen molar-refractivity contribution in [2.45, 2.75) is 19.9 Å². The van der Waals surface area contributed by atoms with Gasteiger partial charge in [0, 0.05) is 32.2 Å². The van der Waals surface area contributed by atoms with E-state index in [1.165, 1.54) is 0 Å². The van der Waals surface area contributed by atoms with Crippen molar-refractivity contribution in [3.05, 3.63) is 23.8 Å². The van der Waals surface area contributed by atoms with E-state index in [4.69, 9.17) is 14.7 Å². The predicted molar refractivity (Wildman–Crippen MR) is 105 cm³/mol. The summed E-state index contributed by atoms with van der Waals surface area (Å²) in [6.45, 7) is 9.68. The molecular weight excluding hydrogens is 348 g/mol. The number of ether oxygens (including phenoxy) is 1. The maximum absolute atomic E-state index is 5.41. The van der Waals surface area contributed by atoms with Crippen LogP contribution < -0.4 is 5.32 Å². The van der Waals surface area contributed by atoms with Gasteiger partial charge in [-0.1, -0.05) is 6.07 Å². The molecule has 3 aromatic heterocycles. The Morgan fingerprint density at radius 1 is 1.27 bits per heavy atom. The van der Waals surface area contributed by atoms with Crippen LogP contribution in [0.3, 0.4) is 0 Å². The van der Waals surface area contributed by atoms with Gasteiger partial charge in [-0.3, -0.25) is 4.90 Å². The minimum absolute atomic E-state index is 0.298. The minimum atomic E-state index is 0.298. The molecular formula is C18H24N6OS. The number of thiophene rings is 1. The van der Waals surface area contributed by atoms with Gasteiger partial charge in [-0.15, -0.1) is 11.3 Å². The molecule has 7 nitrogen and oxygen atoms in total. The number of fused-ring (bicyclic) bond motifs is 1. The van der Waals surface area contributed by atoms with E-state index >= 15 is 0 Å². The summed E-state index contributed by atoms with van der Waals surface area (Å²) in [4.78, 5) is 17.6. The van der Waals surface area contributed by atoms with E-state index in [0.29, 0.717) is 6.04 Å². The van der Waals surface area contributed by atoms with Gasteiger partial charge < -0.3 is 14.6 Å². The smallest absolute Gasteiger partial charge is 0.173 e. The van der Waals surface area contributed by atoms with E-state index in [9.17, 15) is 0 Å². The fourth-order valence-electron chi connectivity index (χ4n) is 3.09. The van der Waals surface area contributed by atoms with Gasteiger partial charge in [0.1, 0.15) is 5.52 Å². The first-order chi connectivity index (χ1) is 12.7. The Morgan fingerprint density at radius 2 is 2.12 bits per heavy atom. The Kier molecular flexibility index (Phi) is 5.14. The van der Waals surface area contributed by atoms with Crippen molar-refractivity contribution < 1.29 is 4.74 Å². The van der Waals surface area contributed by atoms with Gasteiger partial charge in [0.15, 0.2) is 17.3 Å². The molecule has 138 valence electrons. The van der Waals surface area contributed by atoms with E-state index in [1.54, 1.807) is 11.3 Å². The molecule has 26 heavy (non-hydrogen) atoms. The van der Waals surface area contributed by atoms with Crippen molar-refractivity contribution in [1.82, 2.24) is 24.4 Å². The van der Waals surface area contributed by atoms with Crippen molar-refractivity contribution in [3.63, 3.8) is 0 Å². The molecule has 3 aromatic rings. The van der Waals surface area contributed by atoms with Crippen LogP contribution in [0.4, 0.5) is 5.82 Å². The van der Waals surface area contributed by atoms with Crippen LogP contribution in [0.2, 0.25) is 0 Å². The number of nitrogens with zero attached hydrogens (tertiary/aromatic N) is 5. The molecule has 0 amide bonds. The molecule has 1 aliphatic rings. The average molecular weight is 372 g/mol. The first-order valence-corrected chi connectivity index (χ1v) is 9.93. The van der Waals surface area contributed by atoms with Crippen LogP contribution in [-0.4, -0.2) is 63.8 Å². The lowest BCUT2D eigenvalue weighted by Crippen LogP contribution is -2.39. The third-order valence-electron chi connectivity index (χ3n) is 4.54. The van der Waals surface area contributed by atoms with Crippen molar-refractivity contribution >= 4 is 28.3 Å². The van der Waals surface area contributed by atoms with E-state index in [2.05, 4.69) is 39.7 Å². The number of rotatable bonds is 6. The van der Waals surface area contributed by atoms with Crippen LogP contribution in [0.5, 0.6) is 0 Å². The normalized spacial score (nSPS) is 15.8. The second-order valence-electron chi connectivity index (χ2n) is 6.67. The summed E-state index contributed by atoms with van der Waals surface area (Å²) >= 11 is 1.65. The molecule has 4 heterocycles. The third-order valence-corrected chi connectivity index (χ3v) is 5.41. The highest BCUT2D eigenvalue weighted by molar-refractivity contribution is 7.13. The minimum Gasteiger partial charge on any atom is -0.379 e. The fourth-order valence-corrected chi connectivity index (χ4v) is 3.75. The van der Waals surface area contributed by atoms with Crippen LogP contribution in [0.1, 0.15) is 19.9 Å². The second kappa shape index (κ2) is 7.69. The molecule has 0 saturated carbocycles. The molecule has 1 fully saturated rings. The summed E-state index contributed by atoms with van der Waals surface area (Å²) in [5.74, 6) is 1.56. The largest absolute Gasteiger partial charge is 0.379 e. The fraction of sp³-hybridized carbons (Fsp3) is 0.500. The van der Waals surface area contributed by atoms with Gasteiger partial charge in [0.05, 0.1) is 24.4 Å². The summed E-state index contributed by atoms with van der Waals surface area (Å²) in [6.07, 6.45) is 1.86. The molecule has 0 aliphatic carbocycles. The molecule has 4 rings (SSSR count). The molecule has 0 unspecified atom stereocenters. The maximum Gasteiger partial charge on any atom is 0.173 e. The number of anilines is 1. The second-order valence-corrected chi connectivity index (χ2v) is 7.62. The molecule has 0 bridgehead atoms. The van der Waals surface area contributed by atoms with Crippen LogP contribution in [-0.2, 0) is 4.74 Å². The summed E-state index contributed by atoms with van der Waals surface area (Å²) in [7, 11) is 0. The maximum atomic E-state index is 5.41. The molecule has 8 heteroatoms. The van der Waals surface area contributed by atoms with Crippen molar-refractivity contribution in [2.24, 2.45) is 0 Å². The van der Waals surface area contributed by atoms with Crippen LogP contribution in [0.25, 0.3) is 21.9 Å². The quantitative estimate of drug-likeness (QED) is 0.718. The Balaban J connectivity index is 1.61. The van der Waals surface area contributed by atoms with Crippen molar-refractivity contribution in [3.8, 4) is 10.7 Å². The Labute approximate surface area is 157 Å².